The Morgan fingerprint density at radius 1 is 1.26 bits per heavy atom. The van der Waals surface area contributed by atoms with Crippen LogP contribution in [0.25, 0.3) is 5.65 Å². The fraction of sp³-hybridized carbons (Fsp3) is 0.455. The average molecular weight is 291 g/mol. The summed E-state index contributed by atoms with van der Waals surface area (Å²) in [6.07, 6.45) is -3.45. The van der Waals surface area contributed by atoms with Gasteiger partial charge in [0.25, 0.3) is 0 Å². The molecule has 0 fully saturated rings. The largest absolute Gasteiger partial charge is 0.417 e. The minimum absolute atomic E-state index is 0.310. The highest BCUT2D eigenvalue weighted by atomic mass is 32.2. The van der Waals surface area contributed by atoms with Gasteiger partial charge in [-0.25, -0.2) is 0 Å². The van der Waals surface area contributed by atoms with Crippen LogP contribution in [0.4, 0.5) is 13.2 Å². The molecule has 0 aromatic carbocycles. The fourth-order valence-corrected chi connectivity index (χ4v) is 2.24. The topological polar surface area (TPSA) is 50.4 Å². The molecule has 0 saturated heterocycles. The zero-order valence-electron chi connectivity index (χ0n) is 10.3. The Morgan fingerprint density at radius 2 is 1.95 bits per heavy atom. The highest BCUT2D eigenvalue weighted by Gasteiger charge is 2.31. The third-order valence-corrected chi connectivity index (χ3v) is 3.64. The van der Waals surface area contributed by atoms with E-state index in [1.807, 2.05) is 0 Å². The van der Waals surface area contributed by atoms with Crippen molar-refractivity contribution in [1.29, 1.82) is 0 Å². The van der Waals surface area contributed by atoms with E-state index in [2.05, 4.69) is 10.2 Å². The Morgan fingerprint density at radius 3 is 2.53 bits per heavy atom. The highest BCUT2D eigenvalue weighted by molar-refractivity contribution is 7.99. The number of aliphatic hydroxyl groups is 1. The molecule has 8 heteroatoms. The smallest absolute Gasteiger partial charge is 0.390 e. The maximum absolute atomic E-state index is 12.6. The Labute approximate surface area is 111 Å². The zero-order valence-corrected chi connectivity index (χ0v) is 11.1. The molecular weight excluding hydrogens is 279 g/mol. The van der Waals surface area contributed by atoms with Gasteiger partial charge in [-0.3, -0.25) is 4.40 Å². The van der Waals surface area contributed by atoms with Gasteiger partial charge in [0.15, 0.2) is 10.8 Å². The van der Waals surface area contributed by atoms with Crippen LogP contribution in [0, 0.1) is 0 Å². The second-order valence-electron chi connectivity index (χ2n) is 4.73. The number of pyridine rings is 1. The third-order valence-electron chi connectivity index (χ3n) is 2.25. The molecule has 1 N–H and O–H groups in total. The number of thioether (sulfide) groups is 1. The highest BCUT2D eigenvalue weighted by Crippen LogP contribution is 2.30. The molecule has 0 bridgehead atoms. The molecule has 0 spiro atoms. The van der Waals surface area contributed by atoms with Crippen molar-refractivity contribution in [3.8, 4) is 0 Å². The molecule has 2 aromatic heterocycles. The van der Waals surface area contributed by atoms with Crippen LogP contribution < -0.4 is 0 Å². The van der Waals surface area contributed by atoms with E-state index in [1.165, 1.54) is 10.5 Å². The molecule has 104 valence electrons. The fourth-order valence-electron chi connectivity index (χ4n) is 1.38. The monoisotopic (exact) mass is 291 g/mol. The van der Waals surface area contributed by atoms with Crippen molar-refractivity contribution >= 4 is 17.4 Å². The summed E-state index contributed by atoms with van der Waals surface area (Å²) in [7, 11) is 0. The first-order valence-corrected chi connectivity index (χ1v) is 6.42. The van der Waals surface area contributed by atoms with Crippen molar-refractivity contribution in [2.45, 2.75) is 30.8 Å². The van der Waals surface area contributed by atoms with Crippen LogP contribution in [0.3, 0.4) is 0 Å². The summed E-state index contributed by atoms with van der Waals surface area (Å²) < 4.78 is 39.2. The Bertz CT molecular complexity index is 589. The predicted octanol–water partition coefficient (Wildman–Crippen LogP) is 2.61. The lowest BCUT2D eigenvalue weighted by atomic mass is 10.2. The lowest BCUT2D eigenvalue weighted by Gasteiger charge is -2.15. The van der Waals surface area contributed by atoms with Gasteiger partial charge in [0.2, 0.25) is 0 Å². The average Bonchev–Trinajstić information content (AvgIpc) is 2.66. The summed E-state index contributed by atoms with van der Waals surface area (Å²) >= 11 is 1.15. The van der Waals surface area contributed by atoms with Gasteiger partial charge in [0, 0.05) is 11.9 Å². The molecule has 0 aliphatic rings. The summed E-state index contributed by atoms with van der Waals surface area (Å²) in [4.78, 5) is 0. The first kappa shape index (κ1) is 14.1. The van der Waals surface area contributed by atoms with Gasteiger partial charge in [-0.1, -0.05) is 11.8 Å². The van der Waals surface area contributed by atoms with Crippen LogP contribution in [-0.2, 0) is 6.18 Å². The van der Waals surface area contributed by atoms with Crippen molar-refractivity contribution in [3.05, 3.63) is 23.9 Å². The van der Waals surface area contributed by atoms with Gasteiger partial charge in [0.05, 0.1) is 11.2 Å². The van der Waals surface area contributed by atoms with Crippen LogP contribution in [0.2, 0.25) is 0 Å². The van der Waals surface area contributed by atoms with Gasteiger partial charge in [0.1, 0.15) is 0 Å². The van der Waals surface area contributed by atoms with Gasteiger partial charge in [-0.15, -0.1) is 10.2 Å². The van der Waals surface area contributed by atoms with Crippen LogP contribution in [0.5, 0.6) is 0 Å². The molecule has 0 amide bonds. The minimum Gasteiger partial charge on any atom is -0.390 e. The van der Waals surface area contributed by atoms with E-state index in [1.54, 1.807) is 13.8 Å². The predicted molar refractivity (Wildman–Crippen MR) is 65.0 cm³/mol. The van der Waals surface area contributed by atoms with Crippen molar-refractivity contribution in [2.75, 3.05) is 5.75 Å². The van der Waals surface area contributed by atoms with E-state index in [0.717, 1.165) is 24.0 Å². The molecule has 0 saturated carbocycles. The van der Waals surface area contributed by atoms with Crippen molar-refractivity contribution in [3.63, 3.8) is 0 Å². The third kappa shape index (κ3) is 3.38. The van der Waals surface area contributed by atoms with E-state index in [0.29, 0.717) is 16.6 Å². The first-order valence-electron chi connectivity index (χ1n) is 5.44. The summed E-state index contributed by atoms with van der Waals surface area (Å²) in [6, 6.07) is 2.23. The number of nitrogens with zero attached hydrogens (tertiary/aromatic N) is 3. The maximum atomic E-state index is 12.6. The van der Waals surface area contributed by atoms with Crippen LogP contribution in [-0.4, -0.2) is 31.1 Å². The number of aromatic nitrogens is 3. The first-order chi connectivity index (χ1) is 8.67. The van der Waals surface area contributed by atoms with E-state index in [-0.39, 0.29) is 0 Å². The summed E-state index contributed by atoms with van der Waals surface area (Å²) in [5.41, 5.74) is -1.35. The van der Waals surface area contributed by atoms with E-state index >= 15 is 0 Å². The number of alkyl halides is 3. The van der Waals surface area contributed by atoms with E-state index in [9.17, 15) is 18.3 Å². The lowest BCUT2D eigenvalue weighted by Crippen LogP contribution is -2.21. The number of halogens is 3. The van der Waals surface area contributed by atoms with Crippen LogP contribution in [0.15, 0.2) is 23.5 Å². The van der Waals surface area contributed by atoms with Crippen molar-refractivity contribution in [1.82, 2.24) is 14.6 Å². The van der Waals surface area contributed by atoms with Crippen molar-refractivity contribution < 1.29 is 18.3 Å². The Kier molecular flexibility index (Phi) is 3.48. The molecular formula is C11H12F3N3OS. The molecule has 0 radical (unpaired) electrons. The van der Waals surface area contributed by atoms with Gasteiger partial charge in [-0.2, -0.15) is 13.2 Å². The molecule has 19 heavy (non-hydrogen) atoms. The molecule has 0 aliphatic carbocycles. The molecule has 2 rings (SSSR count). The standard InChI is InChI=1S/C11H12F3N3OS/c1-10(2,18)6-19-9-16-15-8-4-3-7(5-17(8)9)11(12,13)14/h3-5,18H,6H2,1-2H3. The lowest BCUT2D eigenvalue weighted by molar-refractivity contribution is -0.137. The summed E-state index contributed by atoms with van der Waals surface area (Å²) in [5.74, 6) is 0.310. The zero-order chi connectivity index (χ0) is 14.3. The van der Waals surface area contributed by atoms with Gasteiger partial charge in [-0.05, 0) is 26.0 Å². The minimum atomic E-state index is -4.41. The van der Waals surface area contributed by atoms with Crippen molar-refractivity contribution in [2.24, 2.45) is 0 Å². The normalized spacial score (nSPS) is 13.2. The molecule has 0 unspecified atom stereocenters. The second kappa shape index (κ2) is 4.68. The van der Waals surface area contributed by atoms with Gasteiger partial charge >= 0.3 is 6.18 Å². The SMILES string of the molecule is CC(C)(O)CSc1nnc2ccc(C(F)(F)F)cn12. The molecule has 4 nitrogen and oxygen atoms in total. The van der Waals surface area contributed by atoms with Crippen LogP contribution in [0.1, 0.15) is 19.4 Å². The quantitative estimate of drug-likeness (QED) is 0.883. The number of fused-ring (bicyclic) bond motifs is 1. The maximum Gasteiger partial charge on any atom is 0.417 e. The molecule has 0 atom stereocenters. The van der Waals surface area contributed by atoms with Crippen LogP contribution >= 0.6 is 11.8 Å². The summed E-state index contributed by atoms with van der Waals surface area (Å²) in [6.45, 7) is 3.23. The summed E-state index contributed by atoms with van der Waals surface area (Å²) in [5, 5.41) is 17.5. The Balaban J connectivity index is 2.35. The Hall–Kier alpha value is -1.28. The molecule has 0 aliphatic heterocycles. The number of hydrogen-bond acceptors (Lipinski definition) is 4. The molecule has 2 aromatic rings. The molecule has 2 heterocycles. The second-order valence-corrected chi connectivity index (χ2v) is 5.67. The van der Waals surface area contributed by atoms with E-state index in [4.69, 9.17) is 0 Å². The van der Waals surface area contributed by atoms with E-state index < -0.39 is 17.3 Å². The number of rotatable bonds is 3. The van der Waals surface area contributed by atoms with Gasteiger partial charge < -0.3 is 5.11 Å². The number of hydrogen-bond donors (Lipinski definition) is 1.